The lowest BCUT2D eigenvalue weighted by molar-refractivity contribution is -0.117. The molecule has 25 heavy (non-hydrogen) atoms. The first-order valence-electron chi connectivity index (χ1n) is 8.33. The van der Waals surface area contributed by atoms with Crippen molar-refractivity contribution in [3.05, 3.63) is 53.9 Å². The number of carbonyl (C=O) groups is 2. The van der Waals surface area contributed by atoms with Gasteiger partial charge in [0.25, 0.3) is 5.91 Å². The van der Waals surface area contributed by atoms with E-state index >= 15 is 0 Å². The van der Waals surface area contributed by atoms with Gasteiger partial charge in [0.1, 0.15) is 5.69 Å². The van der Waals surface area contributed by atoms with Crippen LogP contribution >= 0.6 is 0 Å². The van der Waals surface area contributed by atoms with Gasteiger partial charge in [-0.2, -0.15) is 5.26 Å². The van der Waals surface area contributed by atoms with Crippen LogP contribution in [0.2, 0.25) is 0 Å². The van der Waals surface area contributed by atoms with Gasteiger partial charge in [-0.05, 0) is 42.8 Å². The van der Waals surface area contributed by atoms with Crippen LogP contribution in [0.4, 0.5) is 5.69 Å². The molecule has 1 N–H and O–H groups in total. The lowest BCUT2D eigenvalue weighted by Crippen LogP contribution is -2.34. The van der Waals surface area contributed by atoms with Crippen molar-refractivity contribution in [1.82, 2.24) is 9.88 Å². The highest BCUT2D eigenvalue weighted by Crippen LogP contribution is 2.42. The quantitative estimate of drug-likeness (QED) is 0.914. The van der Waals surface area contributed by atoms with Crippen LogP contribution < -0.4 is 4.90 Å². The first-order chi connectivity index (χ1) is 12.1. The van der Waals surface area contributed by atoms with Crippen LogP contribution in [0.15, 0.2) is 42.6 Å². The second-order valence-corrected chi connectivity index (χ2v) is 6.88. The van der Waals surface area contributed by atoms with Gasteiger partial charge in [-0.25, -0.2) is 0 Å². The SMILES string of the molecule is N#Cc1ccc(N2C[C@@]3(CCN(C(=O)c4ccc[nH]4)C3)CC2=O)cc1. The van der Waals surface area contributed by atoms with Crippen molar-refractivity contribution < 1.29 is 9.59 Å². The molecule has 2 amide bonds. The Kier molecular flexibility index (Phi) is 3.57. The average molecular weight is 334 g/mol. The molecule has 6 nitrogen and oxygen atoms in total. The third kappa shape index (κ3) is 2.68. The zero-order valence-corrected chi connectivity index (χ0v) is 13.7. The van der Waals surface area contributed by atoms with E-state index in [0.29, 0.717) is 37.3 Å². The number of amides is 2. The van der Waals surface area contributed by atoms with Crippen molar-refractivity contribution >= 4 is 17.5 Å². The van der Waals surface area contributed by atoms with E-state index in [1.54, 1.807) is 29.3 Å². The summed E-state index contributed by atoms with van der Waals surface area (Å²) in [7, 11) is 0. The number of aromatic amines is 1. The van der Waals surface area contributed by atoms with Gasteiger partial charge in [0, 0.05) is 43.4 Å². The van der Waals surface area contributed by atoms with Crippen LogP contribution in [0.25, 0.3) is 0 Å². The monoisotopic (exact) mass is 334 g/mol. The molecule has 2 aromatic rings. The van der Waals surface area contributed by atoms with Crippen LogP contribution in [-0.2, 0) is 4.79 Å². The molecule has 3 heterocycles. The molecular formula is C19H18N4O2. The third-order valence-electron chi connectivity index (χ3n) is 5.18. The van der Waals surface area contributed by atoms with Gasteiger partial charge < -0.3 is 14.8 Å². The molecule has 1 aromatic heterocycles. The fourth-order valence-corrected chi connectivity index (χ4v) is 3.86. The number of benzene rings is 1. The molecule has 0 unspecified atom stereocenters. The number of hydrogen-bond donors (Lipinski definition) is 1. The highest BCUT2D eigenvalue weighted by molar-refractivity contribution is 5.97. The van der Waals surface area contributed by atoms with Crippen LogP contribution in [0.5, 0.6) is 0 Å². The molecule has 0 radical (unpaired) electrons. The van der Waals surface area contributed by atoms with E-state index < -0.39 is 0 Å². The average Bonchev–Trinajstić information content (AvgIpc) is 3.36. The van der Waals surface area contributed by atoms with E-state index in [0.717, 1.165) is 12.1 Å². The second-order valence-electron chi connectivity index (χ2n) is 6.88. The normalized spacial score (nSPS) is 22.6. The van der Waals surface area contributed by atoms with Crippen LogP contribution in [0.3, 0.4) is 0 Å². The van der Waals surface area contributed by atoms with Crippen molar-refractivity contribution in [3.8, 4) is 6.07 Å². The summed E-state index contributed by atoms with van der Waals surface area (Å²) in [6.07, 6.45) is 3.03. The molecule has 1 spiro atoms. The molecule has 6 heteroatoms. The molecule has 1 aromatic carbocycles. The summed E-state index contributed by atoms with van der Waals surface area (Å²) in [5.41, 5.74) is 1.81. The fourth-order valence-electron chi connectivity index (χ4n) is 3.86. The molecule has 2 aliphatic rings. The Morgan fingerprint density at radius 3 is 2.68 bits per heavy atom. The minimum Gasteiger partial charge on any atom is -0.357 e. The Bertz CT molecular complexity index is 851. The van der Waals surface area contributed by atoms with E-state index in [9.17, 15) is 9.59 Å². The molecule has 0 aliphatic carbocycles. The highest BCUT2D eigenvalue weighted by Gasteiger charge is 2.48. The third-order valence-corrected chi connectivity index (χ3v) is 5.18. The highest BCUT2D eigenvalue weighted by atomic mass is 16.2. The lowest BCUT2D eigenvalue weighted by atomic mass is 9.86. The van der Waals surface area contributed by atoms with E-state index in [-0.39, 0.29) is 17.2 Å². The number of H-pyrrole nitrogens is 1. The molecule has 1 atom stereocenters. The van der Waals surface area contributed by atoms with Crippen molar-refractivity contribution in [2.75, 3.05) is 24.5 Å². The van der Waals surface area contributed by atoms with Gasteiger partial charge in [0.05, 0.1) is 11.6 Å². The number of carbonyl (C=O) groups excluding carboxylic acids is 2. The fraction of sp³-hybridized carbons (Fsp3) is 0.316. The number of anilines is 1. The van der Waals surface area contributed by atoms with Gasteiger partial charge in [0.2, 0.25) is 5.91 Å². The maximum absolute atomic E-state index is 12.5. The predicted octanol–water partition coefficient (Wildman–Crippen LogP) is 2.16. The summed E-state index contributed by atoms with van der Waals surface area (Å²) in [4.78, 5) is 31.6. The molecule has 2 fully saturated rings. The Morgan fingerprint density at radius 2 is 2.00 bits per heavy atom. The van der Waals surface area contributed by atoms with Crippen LogP contribution in [0, 0.1) is 16.7 Å². The standard InChI is InChI=1S/C19H18N4O2/c20-11-14-3-5-15(6-4-14)23-13-19(10-17(23)24)7-9-22(12-19)18(25)16-2-1-8-21-16/h1-6,8,21H,7,9-10,12-13H2/t19-/m0/s1. The van der Waals surface area contributed by atoms with Crippen molar-refractivity contribution in [3.63, 3.8) is 0 Å². The number of rotatable bonds is 2. The van der Waals surface area contributed by atoms with E-state index in [1.165, 1.54) is 0 Å². The molecular weight excluding hydrogens is 316 g/mol. The zero-order valence-electron chi connectivity index (χ0n) is 13.7. The Hall–Kier alpha value is -3.07. The topological polar surface area (TPSA) is 80.2 Å². The summed E-state index contributed by atoms with van der Waals surface area (Å²) in [5.74, 6) is 0.0741. The second kappa shape index (κ2) is 5.78. The number of hydrogen-bond acceptors (Lipinski definition) is 3. The maximum atomic E-state index is 12.5. The predicted molar refractivity (Wildman–Crippen MR) is 91.9 cm³/mol. The van der Waals surface area contributed by atoms with E-state index in [4.69, 9.17) is 5.26 Å². The minimum atomic E-state index is -0.173. The van der Waals surface area contributed by atoms with Gasteiger partial charge in [-0.15, -0.1) is 0 Å². The Morgan fingerprint density at radius 1 is 1.20 bits per heavy atom. The number of nitriles is 1. The van der Waals surface area contributed by atoms with Crippen molar-refractivity contribution in [2.24, 2.45) is 5.41 Å². The first kappa shape index (κ1) is 15.5. The Labute approximate surface area is 145 Å². The van der Waals surface area contributed by atoms with Gasteiger partial charge in [0.15, 0.2) is 0 Å². The number of likely N-dealkylation sites (tertiary alicyclic amines) is 1. The summed E-state index contributed by atoms with van der Waals surface area (Å²) in [6, 6.07) is 12.7. The molecule has 4 rings (SSSR count). The minimum absolute atomic E-state index is 0.00820. The summed E-state index contributed by atoms with van der Waals surface area (Å²) < 4.78 is 0. The van der Waals surface area contributed by atoms with Gasteiger partial charge >= 0.3 is 0 Å². The van der Waals surface area contributed by atoms with Crippen LogP contribution in [0.1, 0.15) is 28.9 Å². The largest absolute Gasteiger partial charge is 0.357 e. The van der Waals surface area contributed by atoms with E-state index in [1.807, 2.05) is 23.1 Å². The molecule has 0 saturated carbocycles. The van der Waals surface area contributed by atoms with Crippen molar-refractivity contribution in [2.45, 2.75) is 12.8 Å². The number of nitrogens with one attached hydrogen (secondary N) is 1. The molecule has 2 saturated heterocycles. The smallest absolute Gasteiger partial charge is 0.270 e. The Balaban J connectivity index is 1.50. The molecule has 0 bridgehead atoms. The summed E-state index contributed by atoms with van der Waals surface area (Å²) in [6.45, 7) is 1.89. The number of nitrogens with zero attached hydrogens (tertiary/aromatic N) is 3. The summed E-state index contributed by atoms with van der Waals surface area (Å²) >= 11 is 0. The first-order valence-corrected chi connectivity index (χ1v) is 8.33. The summed E-state index contributed by atoms with van der Waals surface area (Å²) in [5, 5.41) is 8.90. The van der Waals surface area contributed by atoms with Gasteiger partial charge in [-0.1, -0.05) is 0 Å². The van der Waals surface area contributed by atoms with Crippen LogP contribution in [-0.4, -0.2) is 41.3 Å². The maximum Gasteiger partial charge on any atom is 0.270 e. The van der Waals surface area contributed by atoms with Gasteiger partial charge in [-0.3, -0.25) is 9.59 Å². The zero-order chi connectivity index (χ0) is 17.4. The molecule has 126 valence electrons. The van der Waals surface area contributed by atoms with Crippen molar-refractivity contribution in [1.29, 1.82) is 5.26 Å². The van der Waals surface area contributed by atoms with E-state index in [2.05, 4.69) is 11.1 Å². The lowest BCUT2D eigenvalue weighted by Gasteiger charge is -2.24. The number of aromatic nitrogens is 1. The molecule has 2 aliphatic heterocycles.